The van der Waals surface area contributed by atoms with E-state index in [1.165, 1.54) is 17.0 Å². The Bertz CT molecular complexity index is 575. The third-order valence-electron chi connectivity index (χ3n) is 2.99. The minimum atomic E-state index is -4.65. The van der Waals surface area contributed by atoms with Crippen LogP contribution >= 0.6 is 0 Å². The highest BCUT2D eigenvalue weighted by Crippen LogP contribution is 2.33. The summed E-state index contributed by atoms with van der Waals surface area (Å²) < 4.78 is 43.5. The van der Waals surface area contributed by atoms with Crippen LogP contribution in [-0.4, -0.2) is 37.2 Å². The molecule has 2 rings (SSSR count). The highest BCUT2D eigenvalue weighted by molar-refractivity contribution is 5.89. The number of hydrogen-bond acceptors (Lipinski definition) is 3. The van der Waals surface area contributed by atoms with Gasteiger partial charge in [0.05, 0.1) is 30.4 Å². The van der Waals surface area contributed by atoms with Crippen LogP contribution < -0.4 is 5.32 Å². The normalized spacial score (nSPS) is 15.4. The molecular formula is C13H12F3N3O2. The Labute approximate surface area is 118 Å². The zero-order chi connectivity index (χ0) is 15.5. The number of nitrogens with zero attached hydrogens (tertiary/aromatic N) is 2. The van der Waals surface area contributed by atoms with Gasteiger partial charge in [0.15, 0.2) is 0 Å². The van der Waals surface area contributed by atoms with Gasteiger partial charge in [-0.05, 0) is 18.2 Å². The summed E-state index contributed by atoms with van der Waals surface area (Å²) in [5.41, 5.74) is -1.55. The van der Waals surface area contributed by atoms with E-state index in [2.05, 4.69) is 5.32 Å². The minimum absolute atomic E-state index is 0.00202. The molecule has 0 unspecified atom stereocenters. The lowest BCUT2D eigenvalue weighted by Gasteiger charge is -2.27. The summed E-state index contributed by atoms with van der Waals surface area (Å²) in [4.78, 5) is 13.3. The van der Waals surface area contributed by atoms with Gasteiger partial charge in [-0.3, -0.25) is 0 Å². The monoisotopic (exact) mass is 299 g/mol. The van der Waals surface area contributed by atoms with Crippen molar-refractivity contribution in [3.05, 3.63) is 29.3 Å². The SMILES string of the molecule is N#Cc1ccc(NC(=O)N2CCOCC2)cc1C(F)(F)F. The number of alkyl halides is 3. The molecule has 0 atom stereocenters. The maximum Gasteiger partial charge on any atom is 0.417 e. The first-order chi connectivity index (χ1) is 9.91. The fourth-order valence-electron chi connectivity index (χ4n) is 1.92. The van der Waals surface area contributed by atoms with Gasteiger partial charge in [-0.25, -0.2) is 4.79 Å². The molecule has 1 N–H and O–H groups in total. The molecule has 0 aromatic heterocycles. The van der Waals surface area contributed by atoms with Crippen LogP contribution in [0.3, 0.4) is 0 Å². The molecule has 1 aromatic rings. The summed E-state index contributed by atoms with van der Waals surface area (Å²) in [6.07, 6.45) is -4.65. The van der Waals surface area contributed by atoms with E-state index in [0.717, 1.165) is 12.1 Å². The number of carbonyl (C=O) groups excluding carboxylic acids is 1. The number of carbonyl (C=O) groups is 1. The predicted octanol–water partition coefficient (Wildman–Crippen LogP) is 2.44. The van der Waals surface area contributed by atoms with E-state index in [0.29, 0.717) is 26.3 Å². The standard InChI is InChI=1S/C13H12F3N3O2/c14-13(15,16)11-7-10(2-1-9(11)8-17)18-12(20)19-3-5-21-6-4-19/h1-2,7H,3-6H2,(H,18,20). The third-order valence-corrected chi connectivity index (χ3v) is 2.99. The Kier molecular flexibility index (Phi) is 4.33. The van der Waals surface area contributed by atoms with Gasteiger partial charge >= 0.3 is 12.2 Å². The zero-order valence-corrected chi connectivity index (χ0v) is 10.9. The van der Waals surface area contributed by atoms with Crippen molar-refractivity contribution in [3.8, 4) is 6.07 Å². The van der Waals surface area contributed by atoms with Gasteiger partial charge in [0.25, 0.3) is 0 Å². The molecule has 8 heteroatoms. The fourth-order valence-corrected chi connectivity index (χ4v) is 1.92. The summed E-state index contributed by atoms with van der Waals surface area (Å²) in [5, 5.41) is 11.1. The Morgan fingerprint density at radius 3 is 2.57 bits per heavy atom. The lowest BCUT2D eigenvalue weighted by atomic mass is 10.1. The minimum Gasteiger partial charge on any atom is -0.378 e. The number of nitrogens with one attached hydrogen (secondary N) is 1. The van der Waals surface area contributed by atoms with Crippen molar-refractivity contribution in [2.45, 2.75) is 6.18 Å². The van der Waals surface area contributed by atoms with Gasteiger partial charge in [0, 0.05) is 18.8 Å². The molecule has 0 radical (unpaired) electrons. The summed E-state index contributed by atoms with van der Waals surface area (Å²) in [5.74, 6) is 0. The topological polar surface area (TPSA) is 65.4 Å². The molecule has 1 fully saturated rings. The Balaban J connectivity index is 2.17. The van der Waals surface area contributed by atoms with Crippen LogP contribution in [0, 0.1) is 11.3 Å². The van der Waals surface area contributed by atoms with Crippen molar-refractivity contribution in [1.29, 1.82) is 5.26 Å². The van der Waals surface area contributed by atoms with E-state index in [-0.39, 0.29) is 5.69 Å². The maximum atomic E-state index is 12.8. The molecule has 0 bridgehead atoms. The van der Waals surface area contributed by atoms with E-state index < -0.39 is 23.3 Å². The molecular weight excluding hydrogens is 287 g/mol. The number of benzene rings is 1. The van der Waals surface area contributed by atoms with Crippen LogP contribution in [0.25, 0.3) is 0 Å². The lowest BCUT2D eigenvalue weighted by molar-refractivity contribution is -0.137. The number of anilines is 1. The van der Waals surface area contributed by atoms with Crippen molar-refractivity contribution in [2.24, 2.45) is 0 Å². The van der Waals surface area contributed by atoms with Gasteiger partial charge in [-0.2, -0.15) is 18.4 Å². The average molecular weight is 299 g/mol. The highest BCUT2D eigenvalue weighted by atomic mass is 19.4. The van der Waals surface area contributed by atoms with Crippen LogP contribution in [0.1, 0.15) is 11.1 Å². The first kappa shape index (κ1) is 15.1. The average Bonchev–Trinajstić information content (AvgIpc) is 2.47. The smallest absolute Gasteiger partial charge is 0.378 e. The van der Waals surface area contributed by atoms with Gasteiger partial charge in [0.2, 0.25) is 0 Å². The molecule has 1 aliphatic rings. The second kappa shape index (κ2) is 6.01. The molecule has 21 heavy (non-hydrogen) atoms. The first-order valence-corrected chi connectivity index (χ1v) is 6.17. The van der Waals surface area contributed by atoms with Crippen molar-refractivity contribution in [1.82, 2.24) is 4.90 Å². The highest BCUT2D eigenvalue weighted by Gasteiger charge is 2.34. The van der Waals surface area contributed by atoms with Gasteiger partial charge in [-0.15, -0.1) is 0 Å². The van der Waals surface area contributed by atoms with Crippen LogP contribution in [0.15, 0.2) is 18.2 Å². The van der Waals surface area contributed by atoms with Crippen LogP contribution in [-0.2, 0) is 10.9 Å². The number of halogens is 3. The Morgan fingerprint density at radius 2 is 2.00 bits per heavy atom. The van der Waals surface area contributed by atoms with Gasteiger partial charge in [0.1, 0.15) is 0 Å². The third kappa shape index (κ3) is 3.64. The van der Waals surface area contributed by atoms with Gasteiger partial charge < -0.3 is 15.0 Å². The number of rotatable bonds is 1. The van der Waals surface area contributed by atoms with Crippen LogP contribution in [0.2, 0.25) is 0 Å². The maximum absolute atomic E-state index is 12.8. The molecule has 1 aliphatic heterocycles. The van der Waals surface area contributed by atoms with Crippen molar-refractivity contribution in [2.75, 3.05) is 31.6 Å². The van der Waals surface area contributed by atoms with Crippen LogP contribution in [0.4, 0.5) is 23.7 Å². The molecule has 1 heterocycles. The van der Waals surface area contributed by atoms with E-state index >= 15 is 0 Å². The van der Waals surface area contributed by atoms with Crippen molar-refractivity contribution < 1.29 is 22.7 Å². The second-order valence-corrected chi connectivity index (χ2v) is 4.40. The van der Waals surface area contributed by atoms with E-state index in [4.69, 9.17) is 10.00 Å². The fraction of sp³-hybridized carbons (Fsp3) is 0.385. The van der Waals surface area contributed by atoms with Crippen LogP contribution in [0.5, 0.6) is 0 Å². The molecule has 112 valence electrons. The van der Waals surface area contributed by atoms with Gasteiger partial charge in [-0.1, -0.05) is 0 Å². The molecule has 5 nitrogen and oxygen atoms in total. The van der Waals surface area contributed by atoms with Crippen molar-refractivity contribution >= 4 is 11.7 Å². The van der Waals surface area contributed by atoms with E-state index in [1.54, 1.807) is 0 Å². The number of urea groups is 1. The molecule has 1 saturated heterocycles. The number of morpholine rings is 1. The molecule has 0 spiro atoms. The zero-order valence-electron chi connectivity index (χ0n) is 10.9. The largest absolute Gasteiger partial charge is 0.417 e. The molecule has 0 saturated carbocycles. The van der Waals surface area contributed by atoms with Crippen molar-refractivity contribution in [3.63, 3.8) is 0 Å². The summed E-state index contributed by atoms with van der Waals surface area (Å²) in [6.45, 7) is 1.56. The molecule has 2 amide bonds. The Morgan fingerprint density at radius 1 is 1.33 bits per heavy atom. The van der Waals surface area contributed by atoms with E-state index in [1.807, 2.05) is 0 Å². The number of nitriles is 1. The summed E-state index contributed by atoms with van der Waals surface area (Å²) in [7, 11) is 0. The number of ether oxygens (including phenoxy) is 1. The summed E-state index contributed by atoms with van der Waals surface area (Å²) >= 11 is 0. The summed E-state index contributed by atoms with van der Waals surface area (Å²) in [6, 6.07) is 4.07. The number of hydrogen-bond donors (Lipinski definition) is 1. The second-order valence-electron chi connectivity index (χ2n) is 4.40. The first-order valence-electron chi connectivity index (χ1n) is 6.17. The lowest BCUT2D eigenvalue weighted by Crippen LogP contribution is -2.43. The quantitative estimate of drug-likeness (QED) is 0.866. The predicted molar refractivity (Wildman–Crippen MR) is 67.6 cm³/mol. The Hall–Kier alpha value is -2.27. The molecule has 1 aromatic carbocycles. The van der Waals surface area contributed by atoms with E-state index in [9.17, 15) is 18.0 Å². The molecule has 0 aliphatic carbocycles. The number of amides is 2.